The van der Waals surface area contributed by atoms with E-state index in [9.17, 15) is 17.6 Å². The van der Waals surface area contributed by atoms with Crippen LogP contribution in [0, 0.1) is 12.7 Å². The summed E-state index contributed by atoms with van der Waals surface area (Å²) >= 11 is 0. The second kappa shape index (κ2) is 12.0. The number of sulfonamides is 1. The van der Waals surface area contributed by atoms with Crippen LogP contribution in [0.2, 0.25) is 0 Å². The van der Waals surface area contributed by atoms with E-state index in [0.29, 0.717) is 22.6 Å². The molecule has 0 saturated heterocycles. The van der Waals surface area contributed by atoms with Gasteiger partial charge in [0.2, 0.25) is 0 Å². The number of hydrazone groups is 1. The number of nitrogens with one attached hydrogen (secondary N) is 2. The van der Waals surface area contributed by atoms with Crippen molar-refractivity contribution in [1.29, 1.82) is 0 Å². The zero-order valence-electron chi connectivity index (χ0n) is 22.0. The minimum Gasteiger partial charge on any atom is -0.488 e. The fraction of sp³-hybridized carbons (Fsp3) is 0.0625. The van der Waals surface area contributed by atoms with Crippen LogP contribution in [0.3, 0.4) is 0 Å². The Hall–Kier alpha value is -5.02. The Bertz CT molecular complexity index is 1820. The maximum absolute atomic E-state index is 13.3. The number of halogens is 1. The van der Waals surface area contributed by atoms with Crippen molar-refractivity contribution in [3.8, 4) is 5.75 Å². The van der Waals surface area contributed by atoms with Gasteiger partial charge in [0.05, 0.1) is 11.1 Å². The van der Waals surface area contributed by atoms with E-state index in [0.717, 1.165) is 21.9 Å². The highest BCUT2D eigenvalue weighted by molar-refractivity contribution is 7.92. The Morgan fingerprint density at radius 2 is 1.59 bits per heavy atom. The van der Waals surface area contributed by atoms with Crippen LogP contribution in [0.25, 0.3) is 10.8 Å². The van der Waals surface area contributed by atoms with E-state index in [-0.39, 0.29) is 17.3 Å². The first-order valence-corrected chi connectivity index (χ1v) is 14.2. The van der Waals surface area contributed by atoms with Crippen molar-refractivity contribution < 1.29 is 22.3 Å². The highest BCUT2D eigenvalue weighted by Crippen LogP contribution is 2.27. The highest BCUT2D eigenvalue weighted by atomic mass is 32.2. The molecule has 0 aliphatic carbocycles. The number of carbonyl (C=O) groups excluding carboxylic acids is 1. The van der Waals surface area contributed by atoms with Gasteiger partial charge in [-0.1, -0.05) is 60.2 Å². The predicted molar refractivity (Wildman–Crippen MR) is 158 cm³/mol. The number of hydrogen-bond acceptors (Lipinski definition) is 5. The van der Waals surface area contributed by atoms with Crippen molar-refractivity contribution in [3.05, 3.63) is 137 Å². The molecule has 0 aliphatic heterocycles. The van der Waals surface area contributed by atoms with Crippen molar-refractivity contribution in [2.75, 3.05) is 4.72 Å². The second-order valence-corrected chi connectivity index (χ2v) is 11.0. The summed E-state index contributed by atoms with van der Waals surface area (Å²) < 4.78 is 47.1. The average molecular weight is 568 g/mol. The quantitative estimate of drug-likeness (QED) is 0.158. The number of carbonyl (C=O) groups is 1. The van der Waals surface area contributed by atoms with Crippen molar-refractivity contribution in [3.63, 3.8) is 0 Å². The summed E-state index contributed by atoms with van der Waals surface area (Å²) in [6, 6.07) is 30.1. The summed E-state index contributed by atoms with van der Waals surface area (Å²) in [5.74, 6) is -0.236. The maximum atomic E-state index is 13.3. The molecule has 41 heavy (non-hydrogen) atoms. The molecule has 0 unspecified atom stereocenters. The molecule has 0 aliphatic rings. The molecule has 0 radical (unpaired) electrons. The van der Waals surface area contributed by atoms with Gasteiger partial charge < -0.3 is 4.74 Å². The smallest absolute Gasteiger partial charge is 0.271 e. The van der Waals surface area contributed by atoms with Crippen LogP contribution in [0.1, 0.15) is 27.0 Å². The van der Waals surface area contributed by atoms with Gasteiger partial charge in [0.1, 0.15) is 18.2 Å². The van der Waals surface area contributed by atoms with Crippen molar-refractivity contribution >= 4 is 38.6 Å². The third kappa shape index (κ3) is 6.77. The first kappa shape index (κ1) is 27.5. The molecule has 206 valence electrons. The van der Waals surface area contributed by atoms with E-state index in [1.54, 1.807) is 24.3 Å². The van der Waals surface area contributed by atoms with Crippen molar-refractivity contribution in [2.24, 2.45) is 5.10 Å². The maximum Gasteiger partial charge on any atom is 0.271 e. The van der Waals surface area contributed by atoms with E-state index in [1.807, 2.05) is 43.3 Å². The molecule has 0 aromatic heterocycles. The van der Waals surface area contributed by atoms with Crippen LogP contribution in [-0.2, 0) is 16.6 Å². The molecule has 0 saturated carbocycles. The van der Waals surface area contributed by atoms with E-state index < -0.39 is 15.9 Å². The molecule has 0 atom stereocenters. The lowest BCUT2D eigenvalue weighted by molar-refractivity contribution is 0.0955. The minimum absolute atomic E-state index is 0.147. The fourth-order valence-corrected chi connectivity index (χ4v) is 5.18. The van der Waals surface area contributed by atoms with Crippen LogP contribution in [0.15, 0.2) is 119 Å². The Morgan fingerprint density at radius 1 is 0.878 bits per heavy atom. The third-order valence-corrected chi connectivity index (χ3v) is 7.73. The van der Waals surface area contributed by atoms with E-state index >= 15 is 0 Å². The van der Waals surface area contributed by atoms with Gasteiger partial charge in [-0.15, -0.1) is 0 Å². The van der Waals surface area contributed by atoms with Crippen LogP contribution < -0.4 is 14.9 Å². The van der Waals surface area contributed by atoms with Gasteiger partial charge in [0.25, 0.3) is 15.9 Å². The largest absolute Gasteiger partial charge is 0.488 e. The van der Waals surface area contributed by atoms with Gasteiger partial charge in [0, 0.05) is 16.8 Å². The third-order valence-electron chi connectivity index (χ3n) is 6.33. The number of anilines is 1. The number of nitrogens with zero attached hydrogens (tertiary/aromatic N) is 1. The molecule has 1 amide bonds. The molecule has 0 bridgehead atoms. The van der Waals surface area contributed by atoms with Gasteiger partial charge in [-0.05, 0) is 77.9 Å². The number of fused-ring (bicyclic) bond motifs is 1. The van der Waals surface area contributed by atoms with Crippen LogP contribution in [0.5, 0.6) is 5.75 Å². The first-order chi connectivity index (χ1) is 19.8. The average Bonchev–Trinajstić information content (AvgIpc) is 2.97. The molecular weight excluding hydrogens is 541 g/mol. The molecule has 0 heterocycles. The summed E-state index contributed by atoms with van der Waals surface area (Å²) in [7, 11) is -3.76. The van der Waals surface area contributed by atoms with E-state index in [2.05, 4.69) is 15.2 Å². The summed E-state index contributed by atoms with van der Waals surface area (Å²) in [6.07, 6.45) is 1.52. The van der Waals surface area contributed by atoms with Gasteiger partial charge >= 0.3 is 0 Å². The molecule has 2 N–H and O–H groups in total. The van der Waals surface area contributed by atoms with Gasteiger partial charge in [-0.2, -0.15) is 5.10 Å². The topological polar surface area (TPSA) is 96.9 Å². The predicted octanol–water partition coefficient (Wildman–Crippen LogP) is 6.43. The van der Waals surface area contributed by atoms with E-state index in [1.165, 1.54) is 54.7 Å². The summed E-state index contributed by atoms with van der Waals surface area (Å²) in [5, 5.41) is 6.01. The van der Waals surface area contributed by atoms with Crippen molar-refractivity contribution in [2.45, 2.75) is 18.4 Å². The summed E-state index contributed by atoms with van der Waals surface area (Å²) in [5.41, 5.74) is 5.57. The molecule has 9 heteroatoms. The number of benzene rings is 5. The van der Waals surface area contributed by atoms with Gasteiger partial charge in [-0.25, -0.2) is 18.2 Å². The normalized spacial score (nSPS) is 11.5. The molecular formula is C32H26FN3O4S. The van der Waals surface area contributed by atoms with Crippen LogP contribution >= 0.6 is 0 Å². The van der Waals surface area contributed by atoms with E-state index in [4.69, 9.17) is 4.74 Å². The lowest BCUT2D eigenvalue weighted by Gasteiger charge is -2.12. The number of hydrogen-bond donors (Lipinski definition) is 2. The second-order valence-electron chi connectivity index (χ2n) is 9.31. The number of ether oxygens (including phenoxy) is 1. The first-order valence-electron chi connectivity index (χ1n) is 12.7. The fourth-order valence-electron chi connectivity index (χ4n) is 4.12. The lowest BCUT2D eigenvalue weighted by Crippen LogP contribution is -2.18. The highest BCUT2D eigenvalue weighted by Gasteiger charge is 2.14. The number of aryl methyl sites for hydroxylation is 1. The summed E-state index contributed by atoms with van der Waals surface area (Å²) in [4.78, 5) is 12.9. The van der Waals surface area contributed by atoms with Gasteiger partial charge in [0.15, 0.2) is 0 Å². The summed E-state index contributed by atoms with van der Waals surface area (Å²) in [6.45, 7) is 2.11. The number of amides is 1. The van der Waals surface area contributed by atoms with Crippen LogP contribution in [0.4, 0.5) is 10.1 Å². The Labute approximate surface area is 237 Å². The molecule has 0 fully saturated rings. The zero-order valence-corrected chi connectivity index (χ0v) is 22.9. The lowest BCUT2D eigenvalue weighted by atomic mass is 10.0. The van der Waals surface area contributed by atoms with Crippen molar-refractivity contribution in [1.82, 2.24) is 5.43 Å². The number of rotatable bonds is 9. The molecule has 7 nitrogen and oxygen atoms in total. The SMILES string of the molecule is Cc1ccc(S(=O)(=O)Nc2ccc(C(=O)N/N=C\c3c(OCc4ccc(F)cc4)ccc4ccccc34)cc2)cc1. The molecule has 5 rings (SSSR count). The monoisotopic (exact) mass is 567 g/mol. The zero-order chi connectivity index (χ0) is 28.8. The van der Waals surface area contributed by atoms with Gasteiger partial charge in [-0.3, -0.25) is 9.52 Å². The Kier molecular flexibility index (Phi) is 8.07. The molecule has 0 spiro atoms. The minimum atomic E-state index is -3.76. The molecule has 5 aromatic carbocycles. The molecule has 5 aromatic rings. The Morgan fingerprint density at radius 3 is 2.32 bits per heavy atom. The Balaban J connectivity index is 1.28. The van der Waals surface area contributed by atoms with Crippen LogP contribution in [-0.4, -0.2) is 20.5 Å². The standard InChI is InChI=1S/C32H26FN3O4S/c1-22-6-17-28(18-7-22)41(38,39)36-27-15-10-25(11-16-27)32(37)35-34-20-30-29-5-3-2-4-24(29)12-19-31(30)40-21-23-8-13-26(33)14-9-23/h2-20,36H,21H2,1H3,(H,35,37)/b34-20-.